The summed E-state index contributed by atoms with van der Waals surface area (Å²) >= 11 is 0. The maximum absolute atomic E-state index is 12.9. The van der Waals surface area contributed by atoms with Crippen LogP contribution in [0.4, 0.5) is 4.79 Å². The highest BCUT2D eigenvalue weighted by Gasteiger charge is 2.49. The number of methoxy groups -OCH3 is 1. The van der Waals surface area contributed by atoms with E-state index in [-0.39, 0.29) is 30.3 Å². The van der Waals surface area contributed by atoms with Gasteiger partial charge in [0.2, 0.25) is 5.91 Å². The largest absolute Gasteiger partial charge is 0.497 e. The van der Waals surface area contributed by atoms with Crippen LogP contribution in [0.5, 0.6) is 5.75 Å². The maximum atomic E-state index is 12.9. The van der Waals surface area contributed by atoms with Crippen molar-refractivity contribution in [3.8, 4) is 5.75 Å². The van der Waals surface area contributed by atoms with Gasteiger partial charge in [0.1, 0.15) is 17.8 Å². The first-order valence-electron chi connectivity index (χ1n) is 8.77. The van der Waals surface area contributed by atoms with Crippen molar-refractivity contribution >= 4 is 30.3 Å². The van der Waals surface area contributed by atoms with Crippen molar-refractivity contribution in [2.45, 2.75) is 26.3 Å². The number of amides is 4. The molecule has 1 saturated heterocycles. The zero-order valence-corrected chi connectivity index (χ0v) is 17.8. The van der Waals surface area contributed by atoms with Crippen molar-refractivity contribution < 1.29 is 19.1 Å². The molecule has 1 unspecified atom stereocenters. The Balaban J connectivity index is 0.00000392. The molecule has 1 fully saturated rings. The second-order valence-electron chi connectivity index (χ2n) is 7.79. The maximum Gasteiger partial charge on any atom is 0.325 e. The summed E-state index contributed by atoms with van der Waals surface area (Å²) in [6, 6.07) is 6.29. The third-order valence-corrected chi connectivity index (χ3v) is 4.88. The summed E-state index contributed by atoms with van der Waals surface area (Å²) in [4.78, 5) is 40.3. The number of benzene rings is 1. The summed E-state index contributed by atoms with van der Waals surface area (Å²) in [6.45, 7) is 6.07. The third kappa shape index (κ3) is 4.74. The number of urea groups is 1. The van der Waals surface area contributed by atoms with Gasteiger partial charge in [-0.2, -0.15) is 0 Å². The fraction of sp³-hybridized carbons (Fsp3) is 0.526. The van der Waals surface area contributed by atoms with E-state index in [1.54, 1.807) is 45.3 Å². The Morgan fingerprint density at radius 2 is 1.86 bits per heavy atom. The lowest BCUT2D eigenvalue weighted by Gasteiger charge is -2.30. The number of rotatable bonds is 7. The molecule has 0 spiro atoms. The summed E-state index contributed by atoms with van der Waals surface area (Å²) in [5.74, 6) is -0.133. The van der Waals surface area contributed by atoms with Gasteiger partial charge < -0.3 is 20.7 Å². The predicted molar refractivity (Wildman–Crippen MR) is 108 cm³/mol. The van der Waals surface area contributed by atoms with Gasteiger partial charge in [-0.3, -0.25) is 14.5 Å². The summed E-state index contributed by atoms with van der Waals surface area (Å²) in [6.07, 6.45) is 0. The summed E-state index contributed by atoms with van der Waals surface area (Å²) in [7, 11) is 3.19. The standard InChI is InChI=1S/C19H28N4O4.ClH/c1-18(2,11-20)12-22(4)15(24)10-23-16(25)19(3,21-17(23)26)13-6-8-14(27-5)9-7-13;/h6-9H,10-12,20H2,1-5H3,(H,21,26);1H. The molecule has 0 bridgehead atoms. The van der Waals surface area contributed by atoms with Gasteiger partial charge in [-0.25, -0.2) is 4.79 Å². The highest BCUT2D eigenvalue weighted by Crippen LogP contribution is 2.30. The Kier molecular flexibility index (Phi) is 7.45. The quantitative estimate of drug-likeness (QED) is 0.657. The first-order chi connectivity index (χ1) is 12.5. The smallest absolute Gasteiger partial charge is 0.325 e. The number of hydrogen-bond donors (Lipinski definition) is 2. The fourth-order valence-corrected chi connectivity index (χ4v) is 3.01. The second-order valence-corrected chi connectivity index (χ2v) is 7.79. The average Bonchev–Trinajstić information content (AvgIpc) is 2.85. The Morgan fingerprint density at radius 3 is 2.36 bits per heavy atom. The number of nitrogens with one attached hydrogen (secondary N) is 1. The van der Waals surface area contributed by atoms with Crippen LogP contribution >= 0.6 is 12.4 Å². The topological polar surface area (TPSA) is 105 Å². The minimum Gasteiger partial charge on any atom is -0.497 e. The van der Waals surface area contributed by atoms with Crippen LogP contribution in [0, 0.1) is 5.41 Å². The van der Waals surface area contributed by atoms with Crippen LogP contribution in [-0.2, 0) is 15.1 Å². The lowest BCUT2D eigenvalue weighted by atomic mass is 9.92. The van der Waals surface area contributed by atoms with Gasteiger partial charge in [-0.05, 0) is 36.6 Å². The Bertz CT molecular complexity index is 738. The third-order valence-electron chi connectivity index (χ3n) is 4.88. The molecule has 9 heteroatoms. The van der Waals surface area contributed by atoms with E-state index in [0.29, 0.717) is 24.4 Å². The van der Waals surface area contributed by atoms with Gasteiger partial charge in [-0.15, -0.1) is 12.4 Å². The molecule has 4 amide bonds. The molecular weight excluding hydrogens is 384 g/mol. The zero-order valence-electron chi connectivity index (χ0n) is 16.9. The zero-order chi connectivity index (χ0) is 20.4. The van der Waals surface area contributed by atoms with Crippen LogP contribution < -0.4 is 15.8 Å². The molecule has 3 N–H and O–H groups in total. The van der Waals surface area contributed by atoms with Crippen LogP contribution in [0.1, 0.15) is 26.3 Å². The first kappa shape index (κ1) is 23.7. The molecule has 0 radical (unpaired) electrons. The second kappa shape index (κ2) is 8.79. The number of carbonyl (C=O) groups excluding carboxylic acids is 3. The molecule has 156 valence electrons. The number of halogens is 1. The average molecular weight is 413 g/mol. The molecular formula is C19H29ClN4O4. The highest BCUT2D eigenvalue weighted by atomic mass is 35.5. The van der Waals surface area contributed by atoms with E-state index in [4.69, 9.17) is 10.5 Å². The number of nitrogens with zero attached hydrogens (tertiary/aromatic N) is 2. The summed E-state index contributed by atoms with van der Waals surface area (Å²) < 4.78 is 5.12. The number of carbonyl (C=O) groups is 3. The van der Waals surface area contributed by atoms with Crippen LogP contribution in [0.15, 0.2) is 24.3 Å². The van der Waals surface area contributed by atoms with E-state index in [0.717, 1.165) is 4.90 Å². The van der Waals surface area contributed by atoms with Crippen molar-refractivity contribution in [2.75, 3.05) is 33.8 Å². The van der Waals surface area contributed by atoms with Gasteiger partial charge in [-0.1, -0.05) is 26.0 Å². The number of likely N-dealkylation sites (N-methyl/N-ethyl adjacent to an activating group) is 1. The van der Waals surface area contributed by atoms with Crippen molar-refractivity contribution in [3.63, 3.8) is 0 Å². The monoisotopic (exact) mass is 412 g/mol. The van der Waals surface area contributed by atoms with Crippen molar-refractivity contribution in [3.05, 3.63) is 29.8 Å². The molecule has 1 aromatic rings. The molecule has 28 heavy (non-hydrogen) atoms. The summed E-state index contributed by atoms with van der Waals surface area (Å²) in [5, 5.41) is 2.69. The summed E-state index contributed by atoms with van der Waals surface area (Å²) in [5.41, 5.74) is 4.85. The van der Waals surface area contributed by atoms with Crippen molar-refractivity contribution in [1.29, 1.82) is 0 Å². The minimum atomic E-state index is -1.22. The van der Waals surface area contributed by atoms with E-state index < -0.39 is 17.5 Å². The van der Waals surface area contributed by atoms with Gasteiger partial charge in [0.15, 0.2) is 0 Å². The highest BCUT2D eigenvalue weighted by molar-refractivity contribution is 6.09. The normalized spacial score (nSPS) is 19.1. The molecule has 0 aromatic heterocycles. The van der Waals surface area contributed by atoms with Crippen molar-refractivity contribution in [1.82, 2.24) is 15.1 Å². The Hall–Kier alpha value is -2.32. The van der Waals surface area contributed by atoms with E-state index in [2.05, 4.69) is 5.32 Å². The van der Waals surface area contributed by atoms with Crippen LogP contribution in [0.25, 0.3) is 0 Å². The molecule has 1 aliphatic heterocycles. The predicted octanol–water partition coefficient (Wildman–Crippen LogP) is 1.33. The van der Waals surface area contributed by atoms with Crippen LogP contribution in [0.3, 0.4) is 0 Å². The molecule has 0 saturated carbocycles. The van der Waals surface area contributed by atoms with Gasteiger partial charge in [0, 0.05) is 13.6 Å². The van der Waals surface area contributed by atoms with Gasteiger partial charge in [0.25, 0.3) is 5.91 Å². The number of hydrogen-bond acceptors (Lipinski definition) is 5. The molecule has 1 atom stereocenters. The van der Waals surface area contributed by atoms with Crippen LogP contribution in [-0.4, -0.2) is 61.4 Å². The number of nitrogens with two attached hydrogens (primary N) is 1. The lowest BCUT2D eigenvalue weighted by molar-refractivity contribution is -0.138. The fourth-order valence-electron chi connectivity index (χ4n) is 3.01. The molecule has 1 aromatic carbocycles. The van der Waals surface area contributed by atoms with E-state index in [1.165, 1.54) is 4.90 Å². The van der Waals surface area contributed by atoms with Crippen LogP contribution in [0.2, 0.25) is 0 Å². The lowest BCUT2D eigenvalue weighted by Crippen LogP contribution is -2.46. The molecule has 1 aliphatic rings. The SMILES string of the molecule is COc1ccc(C2(C)NC(=O)N(CC(=O)N(C)CC(C)(C)CN)C2=O)cc1.Cl. The molecule has 1 heterocycles. The van der Waals surface area contributed by atoms with Gasteiger partial charge in [0.05, 0.1) is 7.11 Å². The number of imide groups is 1. The van der Waals surface area contributed by atoms with E-state index >= 15 is 0 Å². The minimum absolute atomic E-state index is 0. The first-order valence-corrected chi connectivity index (χ1v) is 8.77. The van der Waals surface area contributed by atoms with Gasteiger partial charge >= 0.3 is 6.03 Å². The van der Waals surface area contributed by atoms with E-state index in [9.17, 15) is 14.4 Å². The molecule has 2 rings (SSSR count). The Labute approximate surface area is 171 Å². The molecule has 8 nitrogen and oxygen atoms in total. The molecule has 0 aliphatic carbocycles. The Morgan fingerprint density at radius 1 is 1.29 bits per heavy atom. The van der Waals surface area contributed by atoms with E-state index in [1.807, 2.05) is 13.8 Å². The van der Waals surface area contributed by atoms with Crippen molar-refractivity contribution in [2.24, 2.45) is 11.1 Å². The number of ether oxygens (including phenoxy) is 1.